The van der Waals surface area contributed by atoms with Gasteiger partial charge in [-0.05, 0) is 37.3 Å². The lowest BCUT2D eigenvalue weighted by atomic mass is 10.2. The molecule has 1 amide bonds. The van der Waals surface area contributed by atoms with Crippen LogP contribution in [0.5, 0.6) is 0 Å². The second-order valence-corrected chi connectivity index (χ2v) is 9.32. The molecule has 33 heavy (non-hydrogen) atoms. The molecule has 3 rings (SSSR count). The molecule has 174 valence electrons. The number of benzene rings is 2. The van der Waals surface area contributed by atoms with Crippen LogP contribution in [0.25, 0.3) is 5.69 Å². The number of hydrogen-bond donors (Lipinski definition) is 1. The molecule has 0 aliphatic carbocycles. The molecule has 0 spiro atoms. The van der Waals surface area contributed by atoms with Crippen molar-refractivity contribution in [2.45, 2.75) is 18.0 Å². The van der Waals surface area contributed by atoms with Crippen LogP contribution < -0.4 is 10.7 Å². The Hall–Kier alpha value is -3.51. The largest absolute Gasteiger partial charge is 0.416 e. The first-order valence-electron chi connectivity index (χ1n) is 9.44. The summed E-state index contributed by atoms with van der Waals surface area (Å²) in [5.41, 5.74) is -2.20. The predicted octanol–water partition coefficient (Wildman–Crippen LogP) is 3.06. The van der Waals surface area contributed by atoms with Gasteiger partial charge in [0.25, 0.3) is 5.91 Å². The molecule has 1 aromatic heterocycles. The molecule has 1 N–H and O–H groups in total. The molecular weight excluding hydrogens is 461 g/mol. The number of aryl methyl sites for hydroxylation is 1. The van der Waals surface area contributed by atoms with E-state index in [4.69, 9.17) is 0 Å². The lowest BCUT2D eigenvalue weighted by molar-refractivity contribution is -0.137. The Morgan fingerprint density at radius 1 is 1.06 bits per heavy atom. The highest BCUT2D eigenvalue weighted by Gasteiger charge is 2.31. The summed E-state index contributed by atoms with van der Waals surface area (Å²) >= 11 is 0. The number of alkyl halides is 3. The summed E-state index contributed by atoms with van der Waals surface area (Å²) in [6, 6.07) is 10.9. The molecule has 0 atom stereocenters. The molecule has 1 heterocycles. The van der Waals surface area contributed by atoms with Crippen LogP contribution in [-0.2, 0) is 16.2 Å². The molecule has 0 radical (unpaired) electrons. The van der Waals surface area contributed by atoms with Gasteiger partial charge >= 0.3 is 6.18 Å². The maximum atomic E-state index is 13.1. The van der Waals surface area contributed by atoms with Gasteiger partial charge in [0, 0.05) is 25.9 Å². The number of halogens is 3. The molecule has 0 aliphatic rings. The van der Waals surface area contributed by atoms with E-state index < -0.39 is 38.8 Å². The number of amides is 1. The predicted molar refractivity (Wildman–Crippen MR) is 115 cm³/mol. The molecule has 0 fully saturated rings. The highest BCUT2D eigenvalue weighted by atomic mass is 32.2. The highest BCUT2D eigenvalue weighted by molar-refractivity contribution is 7.89. The van der Waals surface area contributed by atoms with Crippen molar-refractivity contribution in [2.75, 3.05) is 19.4 Å². The van der Waals surface area contributed by atoms with Gasteiger partial charge in [0.05, 0.1) is 16.9 Å². The van der Waals surface area contributed by atoms with E-state index in [0.29, 0.717) is 0 Å². The number of sulfonamides is 1. The molecule has 0 saturated carbocycles. The molecule has 0 aliphatic heterocycles. The minimum Gasteiger partial charge on any atom is -0.319 e. The average Bonchev–Trinajstić information content (AvgIpc) is 2.73. The van der Waals surface area contributed by atoms with E-state index in [1.807, 2.05) is 0 Å². The molecule has 0 unspecified atom stereocenters. The van der Waals surface area contributed by atoms with Gasteiger partial charge in [-0.15, -0.1) is 0 Å². The molecule has 12 heteroatoms. The van der Waals surface area contributed by atoms with Crippen molar-refractivity contribution in [1.29, 1.82) is 0 Å². The van der Waals surface area contributed by atoms with Gasteiger partial charge in [-0.2, -0.15) is 18.3 Å². The Kier molecular flexibility index (Phi) is 6.43. The summed E-state index contributed by atoms with van der Waals surface area (Å²) in [7, 11) is -1.27. The van der Waals surface area contributed by atoms with Crippen LogP contribution in [0.15, 0.2) is 64.3 Å². The first-order valence-corrected chi connectivity index (χ1v) is 10.9. The second kappa shape index (κ2) is 8.79. The number of carbonyl (C=O) groups excluding carboxylic acids is 1. The van der Waals surface area contributed by atoms with Crippen LogP contribution in [0, 0.1) is 6.92 Å². The van der Waals surface area contributed by atoms with E-state index in [2.05, 4.69) is 10.4 Å². The lowest BCUT2D eigenvalue weighted by Crippen LogP contribution is -2.28. The van der Waals surface area contributed by atoms with Crippen molar-refractivity contribution in [2.24, 2.45) is 0 Å². The summed E-state index contributed by atoms with van der Waals surface area (Å²) in [5, 5.41) is 6.32. The van der Waals surface area contributed by atoms with Crippen LogP contribution >= 0.6 is 0 Å². The number of rotatable bonds is 5. The Labute approximate surface area is 187 Å². The molecular formula is C21H19F3N4O4S. The van der Waals surface area contributed by atoms with Crippen molar-refractivity contribution in [3.8, 4) is 5.69 Å². The highest BCUT2D eigenvalue weighted by Crippen LogP contribution is 2.30. The van der Waals surface area contributed by atoms with Crippen LogP contribution in [0.4, 0.5) is 18.9 Å². The quantitative estimate of drug-likeness (QED) is 0.605. The Morgan fingerprint density at radius 2 is 1.73 bits per heavy atom. The number of aromatic nitrogens is 2. The minimum absolute atomic E-state index is 0.00744. The normalized spacial score (nSPS) is 12.1. The summed E-state index contributed by atoms with van der Waals surface area (Å²) < 4.78 is 66.3. The molecule has 0 saturated heterocycles. The fourth-order valence-corrected chi connectivity index (χ4v) is 3.99. The van der Waals surface area contributed by atoms with Crippen LogP contribution in [0.3, 0.4) is 0 Å². The number of carbonyl (C=O) groups is 1. The summed E-state index contributed by atoms with van der Waals surface area (Å²) in [6.45, 7) is 1.45. The Bertz CT molecular complexity index is 1380. The third-order valence-electron chi connectivity index (χ3n) is 4.63. The van der Waals surface area contributed by atoms with E-state index in [1.165, 1.54) is 57.4 Å². The SMILES string of the molecule is Cc1cc(=O)c(C(=O)Nc2ccccc2S(=O)(=O)N(C)C)nn1-c1cccc(C(F)(F)F)c1. The number of hydrogen-bond acceptors (Lipinski definition) is 5. The number of anilines is 1. The van der Waals surface area contributed by atoms with Crippen LogP contribution in [0.2, 0.25) is 0 Å². The third-order valence-corrected chi connectivity index (χ3v) is 6.51. The monoisotopic (exact) mass is 480 g/mol. The van der Waals surface area contributed by atoms with Crippen molar-refractivity contribution < 1.29 is 26.4 Å². The van der Waals surface area contributed by atoms with Crippen LogP contribution in [-0.4, -0.2) is 42.5 Å². The van der Waals surface area contributed by atoms with E-state index in [0.717, 1.165) is 27.2 Å². The van der Waals surface area contributed by atoms with Crippen molar-refractivity contribution >= 4 is 21.6 Å². The Balaban J connectivity index is 2.05. The van der Waals surface area contributed by atoms with Gasteiger partial charge in [0.1, 0.15) is 4.90 Å². The van der Waals surface area contributed by atoms with Gasteiger partial charge in [0.2, 0.25) is 15.5 Å². The van der Waals surface area contributed by atoms with Crippen LogP contribution in [0.1, 0.15) is 21.7 Å². The average molecular weight is 480 g/mol. The zero-order chi connectivity index (χ0) is 24.6. The summed E-state index contributed by atoms with van der Waals surface area (Å²) in [6.07, 6.45) is -4.59. The summed E-state index contributed by atoms with van der Waals surface area (Å²) in [5.74, 6) is -1.01. The molecule has 8 nitrogen and oxygen atoms in total. The van der Waals surface area contributed by atoms with Gasteiger partial charge in [-0.25, -0.2) is 17.4 Å². The van der Waals surface area contributed by atoms with E-state index in [1.54, 1.807) is 0 Å². The van der Waals surface area contributed by atoms with Gasteiger partial charge < -0.3 is 5.32 Å². The van der Waals surface area contributed by atoms with E-state index in [-0.39, 0.29) is 22.0 Å². The topological polar surface area (TPSA) is 101 Å². The fraction of sp³-hybridized carbons (Fsp3) is 0.190. The smallest absolute Gasteiger partial charge is 0.319 e. The minimum atomic E-state index is -4.59. The van der Waals surface area contributed by atoms with Gasteiger partial charge in [-0.1, -0.05) is 18.2 Å². The number of para-hydroxylation sites is 1. The first kappa shape index (κ1) is 24.1. The molecule has 2 aromatic carbocycles. The fourth-order valence-electron chi connectivity index (χ4n) is 2.95. The molecule has 0 bridgehead atoms. The number of nitrogens with zero attached hydrogens (tertiary/aromatic N) is 3. The van der Waals surface area contributed by atoms with E-state index in [9.17, 15) is 31.2 Å². The Morgan fingerprint density at radius 3 is 2.36 bits per heavy atom. The summed E-state index contributed by atoms with van der Waals surface area (Å²) in [4.78, 5) is 25.1. The van der Waals surface area contributed by atoms with Crippen molar-refractivity contribution in [3.05, 3.63) is 81.8 Å². The van der Waals surface area contributed by atoms with Gasteiger partial charge in [-0.3, -0.25) is 9.59 Å². The maximum Gasteiger partial charge on any atom is 0.416 e. The lowest BCUT2D eigenvalue weighted by Gasteiger charge is -2.16. The zero-order valence-electron chi connectivity index (χ0n) is 17.7. The zero-order valence-corrected chi connectivity index (χ0v) is 18.5. The number of nitrogens with one attached hydrogen (secondary N) is 1. The molecule has 3 aromatic rings. The first-order chi connectivity index (χ1) is 15.3. The van der Waals surface area contributed by atoms with Crippen molar-refractivity contribution in [3.63, 3.8) is 0 Å². The van der Waals surface area contributed by atoms with Crippen molar-refractivity contribution in [1.82, 2.24) is 14.1 Å². The maximum absolute atomic E-state index is 13.1. The standard InChI is InChI=1S/C21H19F3N4O4S/c1-13-11-17(29)19(26-28(13)15-8-6-7-14(12-15)21(22,23)24)20(30)25-16-9-4-5-10-18(16)33(31,32)27(2)3/h4-12H,1-3H3,(H,25,30). The van der Waals surface area contributed by atoms with E-state index >= 15 is 0 Å². The van der Waals surface area contributed by atoms with Gasteiger partial charge in [0.15, 0.2) is 5.69 Å². The third kappa shape index (κ3) is 4.96. The second-order valence-electron chi connectivity index (χ2n) is 7.20.